The minimum absolute atomic E-state index is 0.833. The molecular weight excluding hydrogens is 158 g/mol. The summed E-state index contributed by atoms with van der Waals surface area (Å²) in [4.78, 5) is 0. The molecule has 0 aromatic carbocycles. The lowest BCUT2D eigenvalue weighted by Gasteiger charge is -2.00. The highest BCUT2D eigenvalue weighted by molar-refractivity contribution is 5.01. The van der Waals surface area contributed by atoms with Crippen LogP contribution in [0, 0.1) is 12.3 Å². The van der Waals surface area contributed by atoms with Gasteiger partial charge in [-0.25, -0.2) is 0 Å². The summed E-state index contributed by atoms with van der Waals surface area (Å²) in [5.41, 5.74) is 1.43. The highest BCUT2D eigenvalue weighted by atomic mass is 14.9. The van der Waals surface area contributed by atoms with Crippen LogP contribution in [0.15, 0.2) is 11.6 Å². The molecule has 1 aliphatic rings. The summed E-state index contributed by atoms with van der Waals surface area (Å²) in [6, 6.07) is 0.833. The van der Waals surface area contributed by atoms with E-state index in [1.165, 1.54) is 18.4 Å². The van der Waals surface area contributed by atoms with Gasteiger partial charge in [-0.15, -0.1) is 12.3 Å². The molecule has 1 nitrogen and oxygen atoms in total. The molecular formula is C12H19N. The van der Waals surface area contributed by atoms with Crippen LogP contribution >= 0.6 is 0 Å². The largest absolute Gasteiger partial charge is 0.314 e. The minimum atomic E-state index is 0.833. The summed E-state index contributed by atoms with van der Waals surface area (Å²) < 4.78 is 0. The zero-order valence-electron chi connectivity index (χ0n) is 8.47. The lowest BCUT2D eigenvalue weighted by molar-refractivity contribution is 0.688. The van der Waals surface area contributed by atoms with Crippen LogP contribution in [0.25, 0.3) is 0 Å². The maximum absolute atomic E-state index is 5.19. The molecule has 1 rings (SSSR count). The minimum Gasteiger partial charge on any atom is -0.314 e. The van der Waals surface area contributed by atoms with Crippen molar-refractivity contribution in [2.75, 3.05) is 6.54 Å². The Labute approximate surface area is 81.6 Å². The molecule has 0 amide bonds. The second kappa shape index (κ2) is 5.83. The third-order valence-electron chi connectivity index (χ3n) is 2.31. The average Bonchev–Trinajstić information content (AvgIpc) is 2.92. The Kier molecular flexibility index (Phi) is 4.64. The number of rotatable bonds is 6. The number of hydrogen-bond acceptors (Lipinski definition) is 1. The molecule has 72 valence electrons. The van der Waals surface area contributed by atoms with E-state index in [4.69, 9.17) is 6.42 Å². The van der Waals surface area contributed by atoms with E-state index in [1.54, 1.807) is 0 Å². The molecule has 0 aromatic heterocycles. The summed E-state index contributed by atoms with van der Waals surface area (Å²) in [5.74, 6) is 2.66. The van der Waals surface area contributed by atoms with Crippen LogP contribution in [0.3, 0.4) is 0 Å². The van der Waals surface area contributed by atoms with Crippen molar-refractivity contribution in [1.29, 1.82) is 0 Å². The Morgan fingerprint density at radius 1 is 1.62 bits per heavy atom. The van der Waals surface area contributed by atoms with Gasteiger partial charge in [0.25, 0.3) is 0 Å². The predicted molar refractivity (Wildman–Crippen MR) is 57.5 cm³/mol. The SMILES string of the molecule is C#CCCC(C)=CCCNC1CC1. The van der Waals surface area contributed by atoms with E-state index in [1.807, 2.05) is 0 Å². The van der Waals surface area contributed by atoms with Crippen molar-refractivity contribution in [1.82, 2.24) is 5.32 Å². The highest BCUT2D eigenvalue weighted by Gasteiger charge is 2.19. The van der Waals surface area contributed by atoms with E-state index in [-0.39, 0.29) is 0 Å². The van der Waals surface area contributed by atoms with Crippen LogP contribution in [0.1, 0.15) is 39.0 Å². The second-order valence-electron chi connectivity index (χ2n) is 3.77. The molecule has 0 atom stereocenters. The Bertz CT molecular complexity index is 206. The highest BCUT2D eigenvalue weighted by Crippen LogP contribution is 2.18. The Morgan fingerprint density at radius 2 is 2.38 bits per heavy atom. The van der Waals surface area contributed by atoms with Crippen LogP contribution in [0.2, 0.25) is 0 Å². The van der Waals surface area contributed by atoms with Gasteiger partial charge in [0, 0.05) is 12.5 Å². The van der Waals surface area contributed by atoms with Gasteiger partial charge in [-0.05, 0) is 39.2 Å². The summed E-state index contributed by atoms with van der Waals surface area (Å²) >= 11 is 0. The quantitative estimate of drug-likeness (QED) is 0.373. The van der Waals surface area contributed by atoms with Gasteiger partial charge >= 0.3 is 0 Å². The first-order chi connectivity index (χ1) is 6.33. The molecule has 0 radical (unpaired) electrons. The molecule has 0 unspecified atom stereocenters. The van der Waals surface area contributed by atoms with Crippen molar-refractivity contribution in [3.63, 3.8) is 0 Å². The summed E-state index contributed by atoms with van der Waals surface area (Å²) in [7, 11) is 0. The second-order valence-corrected chi connectivity index (χ2v) is 3.77. The first kappa shape index (κ1) is 10.3. The van der Waals surface area contributed by atoms with Crippen LogP contribution < -0.4 is 5.32 Å². The molecule has 1 N–H and O–H groups in total. The molecule has 1 aliphatic carbocycles. The van der Waals surface area contributed by atoms with Crippen molar-refractivity contribution < 1.29 is 0 Å². The van der Waals surface area contributed by atoms with Gasteiger partial charge in [-0.2, -0.15) is 0 Å². The third-order valence-corrected chi connectivity index (χ3v) is 2.31. The molecule has 0 bridgehead atoms. The Balaban J connectivity index is 1.97. The third kappa shape index (κ3) is 5.49. The van der Waals surface area contributed by atoms with Crippen LogP contribution in [0.5, 0.6) is 0 Å². The van der Waals surface area contributed by atoms with Crippen molar-refractivity contribution in [3.05, 3.63) is 11.6 Å². The van der Waals surface area contributed by atoms with Gasteiger partial charge in [0.1, 0.15) is 0 Å². The Hall–Kier alpha value is -0.740. The fourth-order valence-electron chi connectivity index (χ4n) is 1.26. The molecule has 0 heterocycles. The first-order valence-corrected chi connectivity index (χ1v) is 5.15. The average molecular weight is 177 g/mol. The molecule has 1 saturated carbocycles. The first-order valence-electron chi connectivity index (χ1n) is 5.15. The molecule has 0 aliphatic heterocycles. The topological polar surface area (TPSA) is 12.0 Å². The fourth-order valence-corrected chi connectivity index (χ4v) is 1.26. The van der Waals surface area contributed by atoms with Crippen LogP contribution in [-0.2, 0) is 0 Å². The lowest BCUT2D eigenvalue weighted by atomic mass is 10.1. The number of allylic oxidation sites excluding steroid dienone is 1. The van der Waals surface area contributed by atoms with E-state index in [9.17, 15) is 0 Å². The fraction of sp³-hybridized carbons (Fsp3) is 0.667. The summed E-state index contributed by atoms with van der Waals surface area (Å²) in [5, 5.41) is 3.48. The van der Waals surface area contributed by atoms with Gasteiger partial charge in [0.2, 0.25) is 0 Å². The van der Waals surface area contributed by atoms with Gasteiger partial charge in [0.05, 0.1) is 0 Å². The predicted octanol–water partition coefficient (Wildman–Crippen LogP) is 2.49. The standard InChI is InChI=1S/C12H19N/c1-3-4-6-11(2)7-5-10-13-12-8-9-12/h1,7,12-13H,4-6,8-10H2,2H3. The smallest absolute Gasteiger partial charge is 0.0123 e. The van der Waals surface area contributed by atoms with Crippen molar-refractivity contribution in [2.24, 2.45) is 0 Å². The monoisotopic (exact) mass is 177 g/mol. The summed E-state index contributed by atoms with van der Waals surface area (Å²) in [6.07, 6.45) is 13.3. The molecule has 0 aromatic rings. The lowest BCUT2D eigenvalue weighted by Crippen LogP contribution is -2.16. The van der Waals surface area contributed by atoms with Crippen LogP contribution in [0.4, 0.5) is 0 Å². The molecule has 13 heavy (non-hydrogen) atoms. The van der Waals surface area contributed by atoms with Crippen molar-refractivity contribution in [3.8, 4) is 12.3 Å². The van der Waals surface area contributed by atoms with E-state index in [2.05, 4.69) is 24.2 Å². The van der Waals surface area contributed by atoms with Gasteiger partial charge in [-0.1, -0.05) is 11.6 Å². The van der Waals surface area contributed by atoms with E-state index >= 15 is 0 Å². The maximum Gasteiger partial charge on any atom is 0.0123 e. The molecule has 0 spiro atoms. The van der Waals surface area contributed by atoms with Gasteiger partial charge in [0.15, 0.2) is 0 Å². The summed E-state index contributed by atoms with van der Waals surface area (Å²) in [6.45, 7) is 3.28. The van der Waals surface area contributed by atoms with E-state index in [0.717, 1.165) is 31.8 Å². The number of terminal acetylenes is 1. The number of hydrogen-bond donors (Lipinski definition) is 1. The van der Waals surface area contributed by atoms with E-state index in [0.29, 0.717) is 0 Å². The van der Waals surface area contributed by atoms with Crippen molar-refractivity contribution >= 4 is 0 Å². The number of nitrogens with one attached hydrogen (secondary N) is 1. The van der Waals surface area contributed by atoms with Gasteiger partial charge in [-0.3, -0.25) is 0 Å². The molecule has 0 saturated heterocycles. The normalized spacial score (nSPS) is 17.1. The zero-order chi connectivity index (χ0) is 9.52. The van der Waals surface area contributed by atoms with Crippen LogP contribution in [-0.4, -0.2) is 12.6 Å². The molecule has 1 heteroatoms. The Morgan fingerprint density at radius 3 is 3.00 bits per heavy atom. The van der Waals surface area contributed by atoms with E-state index < -0.39 is 0 Å². The van der Waals surface area contributed by atoms with Gasteiger partial charge < -0.3 is 5.32 Å². The maximum atomic E-state index is 5.19. The van der Waals surface area contributed by atoms with Crippen molar-refractivity contribution in [2.45, 2.75) is 45.1 Å². The molecule has 1 fully saturated rings. The zero-order valence-corrected chi connectivity index (χ0v) is 8.47.